The molecule has 0 aromatic carbocycles. The van der Waals surface area contributed by atoms with E-state index in [4.69, 9.17) is 9.40 Å². The molecule has 0 unspecified atom stereocenters. The number of nitrogens with zero attached hydrogens (tertiary/aromatic N) is 7. The molecule has 1 aliphatic heterocycles. The van der Waals surface area contributed by atoms with E-state index in [0.29, 0.717) is 6.04 Å². The number of oxazole rings is 1. The lowest BCUT2D eigenvalue weighted by molar-refractivity contribution is 0.179. The molecule has 3 aromatic rings. The van der Waals surface area contributed by atoms with Gasteiger partial charge >= 0.3 is 0 Å². The molecule has 2 aliphatic rings. The van der Waals surface area contributed by atoms with Gasteiger partial charge in [-0.15, -0.1) is 15.3 Å². The first-order chi connectivity index (χ1) is 12.7. The summed E-state index contributed by atoms with van der Waals surface area (Å²) in [6.07, 6.45) is 4.56. The maximum absolute atomic E-state index is 5.96. The lowest BCUT2D eigenvalue weighted by Gasteiger charge is -2.44. The molecule has 136 valence electrons. The fourth-order valence-electron chi connectivity index (χ4n) is 3.79. The molecule has 0 bridgehead atoms. The number of aromatic nitrogens is 5. The van der Waals surface area contributed by atoms with E-state index in [-0.39, 0.29) is 0 Å². The van der Waals surface area contributed by atoms with E-state index in [1.165, 1.54) is 18.5 Å². The number of hydrogen-bond acceptors (Lipinski definition) is 7. The summed E-state index contributed by atoms with van der Waals surface area (Å²) in [5.41, 5.74) is 1.96. The number of hydrogen-bond donors (Lipinski definition) is 0. The first-order valence-corrected chi connectivity index (χ1v) is 9.29. The van der Waals surface area contributed by atoms with Crippen LogP contribution in [0.1, 0.15) is 36.0 Å². The van der Waals surface area contributed by atoms with Crippen molar-refractivity contribution >= 4 is 11.5 Å². The van der Waals surface area contributed by atoms with E-state index in [9.17, 15) is 0 Å². The van der Waals surface area contributed by atoms with Crippen LogP contribution in [0, 0.1) is 6.92 Å². The highest BCUT2D eigenvalue weighted by molar-refractivity contribution is 5.47. The molecule has 0 N–H and O–H groups in total. The Hall–Kier alpha value is -2.48. The van der Waals surface area contributed by atoms with Crippen LogP contribution in [0.4, 0.5) is 5.82 Å². The van der Waals surface area contributed by atoms with Gasteiger partial charge in [0.1, 0.15) is 11.6 Å². The minimum absolute atomic E-state index is 0.485. The highest BCUT2D eigenvalue weighted by Crippen LogP contribution is 2.25. The first kappa shape index (κ1) is 15.7. The molecular weight excluding hydrogens is 330 g/mol. The minimum atomic E-state index is 0.485. The second-order valence-electron chi connectivity index (χ2n) is 7.37. The van der Waals surface area contributed by atoms with Gasteiger partial charge in [-0.2, -0.15) is 4.52 Å². The summed E-state index contributed by atoms with van der Waals surface area (Å²) in [6.45, 7) is 4.59. The molecule has 0 spiro atoms. The molecule has 8 nitrogen and oxygen atoms in total. The Balaban J connectivity index is 1.22. The Morgan fingerprint density at radius 2 is 2.04 bits per heavy atom. The van der Waals surface area contributed by atoms with Crippen LogP contribution in [0.2, 0.25) is 0 Å². The fraction of sp³-hybridized carbons (Fsp3) is 0.556. The van der Waals surface area contributed by atoms with Crippen LogP contribution < -0.4 is 4.90 Å². The van der Waals surface area contributed by atoms with Crippen LogP contribution in [0.25, 0.3) is 5.65 Å². The number of rotatable bonds is 4. The quantitative estimate of drug-likeness (QED) is 0.705. The summed E-state index contributed by atoms with van der Waals surface area (Å²) in [5.74, 6) is 3.75. The van der Waals surface area contributed by atoms with Gasteiger partial charge in [-0.05, 0) is 45.4 Å². The van der Waals surface area contributed by atoms with E-state index >= 15 is 0 Å². The number of likely N-dealkylation sites (N-methyl/N-ethyl adjacent to an activating group) is 1. The zero-order valence-corrected chi connectivity index (χ0v) is 15.2. The molecule has 3 aromatic heterocycles. The Labute approximate surface area is 151 Å². The van der Waals surface area contributed by atoms with Crippen molar-refractivity contribution in [3.05, 3.63) is 35.3 Å². The maximum atomic E-state index is 5.96. The minimum Gasteiger partial charge on any atom is -0.444 e. The van der Waals surface area contributed by atoms with Crippen molar-refractivity contribution < 1.29 is 4.42 Å². The molecule has 8 heteroatoms. The predicted molar refractivity (Wildman–Crippen MR) is 96.1 cm³/mol. The monoisotopic (exact) mass is 353 g/mol. The summed E-state index contributed by atoms with van der Waals surface area (Å²) >= 11 is 0. The van der Waals surface area contributed by atoms with Gasteiger partial charge in [0.25, 0.3) is 0 Å². The molecule has 1 fully saturated rings. The second-order valence-corrected chi connectivity index (χ2v) is 7.37. The second kappa shape index (κ2) is 6.05. The van der Waals surface area contributed by atoms with Gasteiger partial charge in [0, 0.05) is 25.6 Å². The van der Waals surface area contributed by atoms with Gasteiger partial charge in [-0.25, -0.2) is 4.98 Å². The Bertz CT molecular complexity index is 917. The molecule has 5 rings (SSSR count). The third-order valence-electron chi connectivity index (χ3n) is 5.49. The van der Waals surface area contributed by atoms with E-state index in [1.54, 1.807) is 4.52 Å². The third kappa shape index (κ3) is 2.65. The predicted octanol–water partition coefficient (Wildman–Crippen LogP) is 1.62. The largest absolute Gasteiger partial charge is 0.444 e. The summed E-state index contributed by atoms with van der Waals surface area (Å²) in [7, 11) is 2.14. The Kier molecular flexibility index (Phi) is 3.66. The summed E-state index contributed by atoms with van der Waals surface area (Å²) in [4.78, 5) is 9.30. The van der Waals surface area contributed by atoms with E-state index in [0.717, 1.165) is 61.4 Å². The van der Waals surface area contributed by atoms with Crippen LogP contribution in [0.15, 0.2) is 16.5 Å². The van der Waals surface area contributed by atoms with Crippen LogP contribution in [-0.4, -0.2) is 55.9 Å². The molecule has 1 saturated heterocycles. The SMILES string of the molecule is Cc1nnc2ccc(N3CC(N(C)Cc4nc5c(o4)CCCC5)C3)nn12. The van der Waals surface area contributed by atoms with Gasteiger partial charge in [0.15, 0.2) is 11.5 Å². The van der Waals surface area contributed by atoms with E-state index in [1.807, 2.05) is 19.1 Å². The van der Waals surface area contributed by atoms with Crippen molar-refractivity contribution in [2.24, 2.45) is 0 Å². The van der Waals surface area contributed by atoms with Crippen LogP contribution in [0.3, 0.4) is 0 Å². The zero-order chi connectivity index (χ0) is 17.7. The lowest BCUT2D eigenvalue weighted by Crippen LogP contribution is -2.58. The van der Waals surface area contributed by atoms with Gasteiger partial charge < -0.3 is 9.32 Å². The van der Waals surface area contributed by atoms with Crippen LogP contribution >= 0.6 is 0 Å². The first-order valence-electron chi connectivity index (χ1n) is 9.29. The smallest absolute Gasteiger partial charge is 0.208 e. The Morgan fingerprint density at radius 1 is 1.19 bits per heavy atom. The number of fused-ring (bicyclic) bond motifs is 2. The zero-order valence-electron chi connectivity index (χ0n) is 15.2. The summed E-state index contributed by atoms with van der Waals surface area (Å²) in [6, 6.07) is 4.47. The van der Waals surface area contributed by atoms with Crippen LogP contribution in [0.5, 0.6) is 0 Å². The average molecular weight is 353 g/mol. The number of anilines is 1. The van der Waals surface area contributed by atoms with Crippen molar-refractivity contribution in [3.63, 3.8) is 0 Å². The highest BCUT2D eigenvalue weighted by atomic mass is 16.4. The van der Waals surface area contributed by atoms with Gasteiger partial charge in [-0.1, -0.05) is 0 Å². The third-order valence-corrected chi connectivity index (χ3v) is 5.49. The average Bonchev–Trinajstić information content (AvgIpc) is 3.16. The van der Waals surface area contributed by atoms with Crippen molar-refractivity contribution in [1.82, 2.24) is 29.7 Å². The molecule has 1 aliphatic carbocycles. The van der Waals surface area contributed by atoms with Crippen molar-refractivity contribution in [2.45, 2.75) is 45.2 Å². The van der Waals surface area contributed by atoms with Crippen molar-refractivity contribution in [1.29, 1.82) is 0 Å². The van der Waals surface area contributed by atoms with Gasteiger partial charge in [-0.3, -0.25) is 4.90 Å². The highest BCUT2D eigenvalue weighted by Gasteiger charge is 2.32. The Morgan fingerprint density at radius 3 is 2.88 bits per heavy atom. The molecule has 0 saturated carbocycles. The topological polar surface area (TPSA) is 75.6 Å². The maximum Gasteiger partial charge on any atom is 0.208 e. The standard InChI is InChI=1S/C18H23N7O/c1-12-20-21-16-7-8-17(22-25(12)16)24-9-13(10-24)23(2)11-18-19-14-5-3-4-6-15(14)26-18/h7-8,13H,3-6,9-11H2,1-2H3. The normalized spacial score (nSPS) is 17.7. The fourth-order valence-corrected chi connectivity index (χ4v) is 3.79. The molecule has 4 heterocycles. The van der Waals surface area contributed by atoms with Gasteiger partial charge in [0.05, 0.1) is 12.2 Å². The molecule has 0 radical (unpaired) electrons. The van der Waals surface area contributed by atoms with Gasteiger partial charge in [0.2, 0.25) is 5.89 Å². The van der Waals surface area contributed by atoms with Crippen LogP contribution in [-0.2, 0) is 19.4 Å². The van der Waals surface area contributed by atoms with E-state index in [2.05, 4.69) is 32.1 Å². The summed E-state index contributed by atoms with van der Waals surface area (Å²) in [5, 5.41) is 12.8. The van der Waals surface area contributed by atoms with Crippen molar-refractivity contribution in [2.75, 3.05) is 25.0 Å². The summed E-state index contributed by atoms with van der Waals surface area (Å²) < 4.78 is 7.76. The molecule has 0 amide bonds. The molecule has 0 atom stereocenters. The van der Waals surface area contributed by atoms with E-state index < -0.39 is 0 Å². The molecular formula is C18H23N7O. The van der Waals surface area contributed by atoms with Crippen molar-refractivity contribution in [3.8, 4) is 0 Å². The lowest BCUT2D eigenvalue weighted by atomic mass is 10.0. The molecule has 26 heavy (non-hydrogen) atoms. The number of aryl methyl sites for hydroxylation is 3.